The summed E-state index contributed by atoms with van der Waals surface area (Å²) in [6, 6.07) is 8.88. The molecule has 0 radical (unpaired) electrons. The van der Waals surface area contributed by atoms with Crippen LogP contribution in [-0.4, -0.2) is 23.0 Å². The van der Waals surface area contributed by atoms with Gasteiger partial charge in [-0.05, 0) is 29.8 Å². The summed E-state index contributed by atoms with van der Waals surface area (Å²) in [6.07, 6.45) is -5.35. The highest BCUT2D eigenvalue weighted by atomic mass is 35.5. The molecule has 0 saturated heterocycles. The van der Waals surface area contributed by atoms with Crippen LogP contribution in [0.1, 0.15) is 27.9 Å². The number of halogens is 5. The number of nitrogens with zero attached hydrogens (tertiary/aromatic N) is 1. The average molecular weight is 404 g/mol. The fraction of sp³-hybridized carbons (Fsp3) is 0.176. The zero-order valence-corrected chi connectivity index (χ0v) is 14.4. The number of carbonyl (C=O) groups is 1. The first-order valence-electron chi connectivity index (χ1n) is 7.25. The molecule has 1 unspecified atom stereocenters. The fourth-order valence-electron chi connectivity index (χ4n) is 2.61. The van der Waals surface area contributed by atoms with Crippen molar-refractivity contribution < 1.29 is 27.9 Å². The fourth-order valence-corrected chi connectivity index (χ4v) is 2.91. The number of hydrogen-bond acceptors (Lipinski definition) is 3. The van der Waals surface area contributed by atoms with Gasteiger partial charge in [0.2, 0.25) is 0 Å². The van der Waals surface area contributed by atoms with E-state index in [0.717, 1.165) is 6.07 Å². The number of benzene rings is 2. The number of carboxylic acid groups (broad SMARTS) is 1. The maximum absolute atomic E-state index is 13.8. The van der Waals surface area contributed by atoms with E-state index in [0.29, 0.717) is 5.56 Å². The Kier molecular flexibility index (Phi) is 4.62. The van der Waals surface area contributed by atoms with Crippen LogP contribution in [0.2, 0.25) is 10.0 Å². The molecule has 0 amide bonds. The molecule has 1 heterocycles. The van der Waals surface area contributed by atoms with Gasteiger partial charge in [0.25, 0.3) is 5.60 Å². The van der Waals surface area contributed by atoms with E-state index in [9.17, 15) is 18.0 Å². The van der Waals surface area contributed by atoms with Crippen molar-refractivity contribution in [1.82, 2.24) is 0 Å². The highest BCUT2D eigenvalue weighted by Gasteiger charge is 2.62. The molecule has 1 aliphatic heterocycles. The largest absolute Gasteiger partial charge is 0.478 e. The molecular formula is C17H10Cl2F3NO3. The summed E-state index contributed by atoms with van der Waals surface area (Å²) in [6.45, 7) is 0. The summed E-state index contributed by atoms with van der Waals surface area (Å²) >= 11 is 11.6. The summed E-state index contributed by atoms with van der Waals surface area (Å²) in [7, 11) is 0. The Balaban J connectivity index is 1.98. The number of hydrogen-bond donors (Lipinski definition) is 1. The second-order valence-electron chi connectivity index (χ2n) is 5.64. The monoisotopic (exact) mass is 403 g/mol. The number of oxime groups is 1. The summed E-state index contributed by atoms with van der Waals surface area (Å²) in [5.74, 6) is -1.14. The van der Waals surface area contributed by atoms with Crippen molar-refractivity contribution in [2.45, 2.75) is 18.2 Å². The first kappa shape index (κ1) is 18.5. The molecule has 4 nitrogen and oxygen atoms in total. The van der Waals surface area contributed by atoms with Crippen LogP contribution in [0.5, 0.6) is 0 Å². The van der Waals surface area contributed by atoms with Gasteiger partial charge in [0, 0.05) is 12.0 Å². The molecule has 2 aromatic rings. The van der Waals surface area contributed by atoms with Gasteiger partial charge in [-0.1, -0.05) is 46.6 Å². The second-order valence-corrected chi connectivity index (χ2v) is 6.46. The zero-order valence-electron chi connectivity index (χ0n) is 12.8. The minimum absolute atomic E-state index is 0.0137. The van der Waals surface area contributed by atoms with Crippen LogP contribution in [-0.2, 0) is 10.4 Å². The van der Waals surface area contributed by atoms with E-state index in [1.165, 1.54) is 36.4 Å². The number of carboxylic acids is 1. The van der Waals surface area contributed by atoms with E-state index in [2.05, 4.69) is 5.16 Å². The predicted octanol–water partition coefficient (Wildman–Crippen LogP) is 5.27. The summed E-state index contributed by atoms with van der Waals surface area (Å²) in [5, 5.41) is 12.6. The third-order valence-corrected chi connectivity index (χ3v) is 4.78. The van der Waals surface area contributed by atoms with Crippen molar-refractivity contribution in [2.24, 2.45) is 5.16 Å². The lowest BCUT2D eigenvalue weighted by Crippen LogP contribution is -2.42. The molecule has 0 spiro atoms. The molecule has 0 fully saturated rings. The molecule has 0 saturated carbocycles. The van der Waals surface area contributed by atoms with Gasteiger partial charge < -0.3 is 9.94 Å². The summed E-state index contributed by atoms with van der Waals surface area (Å²) in [5.41, 5.74) is -2.52. The average Bonchev–Trinajstić information content (AvgIpc) is 3.04. The number of rotatable bonds is 3. The maximum atomic E-state index is 13.8. The van der Waals surface area contributed by atoms with E-state index in [1.807, 2.05) is 0 Å². The Morgan fingerprint density at radius 3 is 2.31 bits per heavy atom. The van der Waals surface area contributed by atoms with Crippen LogP contribution in [0.15, 0.2) is 47.6 Å². The third-order valence-electron chi connectivity index (χ3n) is 4.04. The molecule has 2 aromatic carbocycles. The molecule has 0 bridgehead atoms. The molecule has 1 atom stereocenters. The molecular weight excluding hydrogens is 394 g/mol. The molecule has 136 valence electrons. The van der Waals surface area contributed by atoms with Crippen LogP contribution in [0.4, 0.5) is 13.2 Å². The highest BCUT2D eigenvalue weighted by Crippen LogP contribution is 2.49. The SMILES string of the molecule is O=C(O)c1ccc(C2=NOC(c3ccc(Cl)c(Cl)c3)(C(F)(F)F)C2)cc1. The normalized spacial score (nSPS) is 19.8. The van der Waals surface area contributed by atoms with Crippen LogP contribution in [0.25, 0.3) is 0 Å². The molecule has 3 rings (SSSR count). The second kappa shape index (κ2) is 6.48. The molecule has 1 aliphatic rings. The lowest BCUT2D eigenvalue weighted by molar-refractivity contribution is -0.275. The first-order chi connectivity index (χ1) is 12.1. The Labute approximate surface area is 155 Å². The van der Waals surface area contributed by atoms with Gasteiger partial charge in [0.1, 0.15) is 0 Å². The van der Waals surface area contributed by atoms with Crippen LogP contribution >= 0.6 is 23.2 Å². The Morgan fingerprint density at radius 2 is 1.77 bits per heavy atom. The van der Waals surface area contributed by atoms with Crippen molar-refractivity contribution in [3.8, 4) is 0 Å². The molecule has 0 aromatic heterocycles. The van der Waals surface area contributed by atoms with Gasteiger partial charge >= 0.3 is 12.1 Å². The lowest BCUT2D eigenvalue weighted by atomic mass is 9.86. The van der Waals surface area contributed by atoms with E-state index in [-0.39, 0.29) is 26.9 Å². The first-order valence-corrected chi connectivity index (χ1v) is 8.01. The topological polar surface area (TPSA) is 58.9 Å². The minimum Gasteiger partial charge on any atom is -0.478 e. The molecule has 26 heavy (non-hydrogen) atoms. The van der Waals surface area contributed by atoms with Crippen LogP contribution in [0.3, 0.4) is 0 Å². The zero-order chi connectivity index (χ0) is 19.1. The van der Waals surface area contributed by atoms with Crippen LogP contribution < -0.4 is 0 Å². The predicted molar refractivity (Wildman–Crippen MR) is 89.8 cm³/mol. The standard InChI is InChI=1S/C17H10Cl2F3NO3/c18-12-6-5-11(7-13(12)19)16(17(20,21)22)8-14(23-26-16)9-1-3-10(4-2-9)15(24)25/h1-7H,8H2,(H,24,25). The Hall–Kier alpha value is -2.25. The lowest BCUT2D eigenvalue weighted by Gasteiger charge is -2.29. The molecule has 0 aliphatic carbocycles. The van der Waals surface area contributed by atoms with E-state index < -0.39 is 24.2 Å². The minimum atomic E-state index is -4.77. The van der Waals surface area contributed by atoms with Gasteiger partial charge in [-0.2, -0.15) is 13.2 Å². The molecule has 9 heteroatoms. The smallest absolute Gasteiger partial charge is 0.435 e. The number of alkyl halides is 3. The maximum Gasteiger partial charge on any atom is 0.435 e. The van der Waals surface area contributed by atoms with Gasteiger partial charge in [-0.25, -0.2) is 4.79 Å². The van der Waals surface area contributed by atoms with Crippen molar-refractivity contribution >= 4 is 34.9 Å². The van der Waals surface area contributed by atoms with Crippen LogP contribution in [0, 0.1) is 0 Å². The van der Waals surface area contributed by atoms with Gasteiger partial charge in [-0.3, -0.25) is 0 Å². The Bertz CT molecular complexity index is 897. The van der Waals surface area contributed by atoms with E-state index >= 15 is 0 Å². The third kappa shape index (κ3) is 3.12. The van der Waals surface area contributed by atoms with Crippen molar-refractivity contribution in [1.29, 1.82) is 0 Å². The highest BCUT2D eigenvalue weighted by molar-refractivity contribution is 6.42. The van der Waals surface area contributed by atoms with Gasteiger partial charge in [0.15, 0.2) is 0 Å². The van der Waals surface area contributed by atoms with Crippen molar-refractivity contribution in [3.63, 3.8) is 0 Å². The molecule has 1 N–H and O–H groups in total. The van der Waals surface area contributed by atoms with Gasteiger partial charge in [-0.15, -0.1) is 0 Å². The quantitative estimate of drug-likeness (QED) is 0.758. The van der Waals surface area contributed by atoms with Crippen molar-refractivity contribution in [3.05, 3.63) is 69.2 Å². The van der Waals surface area contributed by atoms with E-state index in [1.54, 1.807) is 0 Å². The summed E-state index contributed by atoms with van der Waals surface area (Å²) in [4.78, 5) is 15.8. The summed E-state index contributed by atoms with van der Waals surface area (Å²) < 4.78 is 41.5. The number of aromatic carboxylic acids is 1. The van der Waals surface area contributed by atoms with Crippen molar-refractivity contribution in [2.75, 3.05) is 0 Å². The van der Waals surface area contributed by atoms with E-state index in [4.69, 9.17) is 33.1 Å². The van der Waals surface area contributed by atoms with Gasteiger partial charge in [0.05, 0.1) is 21.3 Å². The Morgan fingerprint density at radius 1 is 1.12 bits per heavy atom.